The van der Waals surface area contributed by atoms with Gasteiger partial charge in [0.1, 0.15) is 5.75 Å². The largest absolute Gasteiger partial charge is 0.497 e. The molecule has 0 aliphatic carbocycles. The minimum atomic E-state index is -0.458. The lowest BCUT2D eigenvalue weighted by atomic mass is 10.0. The highest BCUT2D eigenvalue weighted by Gasteiger charge is 2.24. The van der Waals surface area contributed by atoms with Crippen molar-refractivity contribution in [3.8, 4) is 17.1 Å². The normalized spacial score (nSPS) is 14.6. The summed E-state index contributed by atoms with van der Waals surface area (Å²) in [5.41, 5.74) is 2.05. The van der Waals surface area contributed by atoms with Crippen LogP contribution in [0.4, 0.5) is 0 Å². The SMILES string of the molecule is COc1cccc(C(CNC(=O)CNC(=O)c2cc(-c3ccccc3)on2)N2CCCC2)c1. The van der Waals surface area contributed by atoms with E-state index in [1.165, 1.54) is 0 Å². The van der Waals surface area contributed by atoms with Gasteiger partial charge in [-0.3, -0.25) is 14.5 Å². The fourth-order valence-corrected chi connectivity index (χ4v) is 4.00. The molecule has 0 bridgehead atoms. The van der Waals surface area contributed by atoms with Crippen LogP contribution >= 0.6 is 0 Å². The molecule has 8 nitrogen and oxygen atoms in total. The van der Waals surface area contributed by atoms with Gasteiger partial charge in [-0.1, -0.05) is 47.6 Å². The van der Waals surface area contributed by atoms with Gasteiger partial charge in [0.2, 0.25) is 5.91 Å². The van der Waals surface area contributed by atoms with E-state index in [1.807, 2.05) is 54.6 Å². The second-order valence-electron chi connectivity index (χ2n) is 7.96. The minimum Gasteiger partial charge on any atom is -0.497 e. The van der Waals surface area contributed by atoms with Gasteiger partial charge in [0, 0.05) is 18.2 Å². The number of ether oxygens (including phenoxy) is 1. The maximum absolute atomic E-state index is 12.5. The second kappa shape index (κ2) is 10.8. The molecule has 0 radical (unpaired) electrons. The summed E-state index contributed by atoms with van der Waals surface area (Å²) in [5.74, 6) is 0.567. The van der Waals surface area contributed by atoms with Crippen molar-refractivity contribution >= 4 is 11.8 Å². The van der Waals surface area contributed by atoms with E-state index in [0.717, 1.165) is 42.8 Å². The molecular weight excluding hydrogens is 420 g/mol. The zero-order valence-corrected chi connectivity index (χ0v) is 18.6. The zero-order chi connectivity index (χ0) is 23.0. The third-order valence-electron chi connectivity index (χ3n) is 5.76. The number of nitrogens with zero attached hydrogens (tertiary/aromatic N) is 2. The Morgan fingerprint density at radius 2 is 1.85 bits per heavy atom. The highest BCUT2D eigenvalue weighted by atomic mass is 16.5. The molecule has 1 aliphatic heterocycles. The molecule has 2 N–H and O–H groups in total. The van der Waals surface area contributed by atoms with Crippen LogP contribution in [0.3, 0.4) is 0 Å². The van der Waals surface area contributed by atoms with Crippen LogP contribution in [0.1, 0.15) is 34.9 Å². The maximum atomic E-state index is 12.5. The Morgan fingerprint density at radius 3 is 2.61 bits per heavy atom. The van der Waals surface area contributed by atoms with Gasteiger partial charge in [0.05, 0.1) is 19.7 Å². The fourth-order valence-electron chi connectivity index (χ4n) is 4.00. The standard InChI is InChI=1S/C25H28N4O4/c1-32-20-11-7-10-19(14-20)22(29-12-5-6-13-29)16-26-24(30)17-27-25(31)21-15-23(33-28-21)18-8-3-2-4-9-18/h2-4,7-11,14-15,22H,5-6,12-13,16-17H2,1H3,(H,26,30)(H,27,31). The van der Waals surface area contributed by atoms with Gasteiger partial charge >= 0.3 is 0 Å². The van der Waals surface area contributed by atoms with Gasteiger partial charge in [-0.15, -0.1) is 0 Å². The molecule has 0 saturated carbocycles. The summed E-state index contributed by atoms with van der Waals surface area (Å²) in [7, 11) is 1.64. The van der Waals surface area contributed by atoms with E-state index in [4.69, 9.17) is 9.26 Å². The monoisotopic (exact) mass is 448 g/mol. The van der Waals surface area contributed by atoms with E-state index in [9.17, 15) is 9.59 Å². The minimum absolute atomic E-state index is 0.0474. The first-order valence-corrected chi connectivity index (χ1v) is 11.1. The van der Waals surface area contributed by atoms with Crippen molar-refractivity contribution in [1.29, 1.82) is 0 Å². The lowest BCUT2D eigenvalue weighted by molar-refractivity contribution is -0.120. The molecule has 1 fully saturated rings. The average Bonchev–Trinajstić information content (AvgIpc) is 3.56. The number of nitrogens with one attached hydrogen (secondary N) is 2. The Kier molecular flexibility index (Phi) is 7.36. The van der Waals surface area contributed by atoms with Gasteiger partial charge in [0.25, 0.3) is 5.91 Å². The summed E-state index contributed by atoms with van der Waals surface area (Å²) in [6, 6.07) is 18.9. The van der Waals surface area contributed by atoms with Crippen LogP contribution in [0, 0.1) is 0 Å². The molecule has 1 aromatic heterocycles. The summed E-state index contributed by atoms with van der Waals surface area (Å²) in [5, 5.41) is 9.38. The molecule has 1 unspecified atom stereocenters. The van der Waals surface area contributed by atoms with Crippen LogP contribution < -0.4 is 15.4 Å². The van der Waals surface area contributed by atoms with E-state index in [2.05, 4.69) is 20.7 Å². The molecule has 172 valence electrons. The fraction of sp³-hybridized carbons (Fsp3) is 0.320. The van der Waals surface area contributed by atoms with Crippen LogP contribution in [-0.4, -0.2) is 55.2 Å². The number of rotatable bonds is 9. The predicted molar refractivity (Wildman–Crippen MR) is 124 cm³/mol. The number of aromatic nitrogens is 1. The molecule has 1 saturated heterocycles. The number of benzene rings is 2. The first kappa shape index (κ1) is 22.5. The zero-order valence-electron chi connectivity index (χ0n) is 18.6. The van der Waals surface area contributed by atoms with Crippen LogP contribution in [-0.2, 0) is 4.79 Å². The van der Waals surface area contributed by atoms with Crippen LogP contribution in [0.25, 0.3) is 11.3 Å². The second-order valence-corrected chi connectivity index (χ2v) is 7.96. The smallest absolute Gasteiger partial charge is 0.273 e. The topological polar surface area (TPSA) is 96.7 Å². The van der Waals surface area contributed by atoms with Gasteiger partial charge in [-0.05, 0) is 43.6 Å². The van der Waals surface area contributed by atoms with Gasteiger partial charge in [-0.25, -0.2) is 0 Å². The summed E-state index contributed by atoms with van der Waals surface area (Å²) in [4.78, 5) is 27.2. The van der Waals surface area contributed by atoms with E-state index in [0.29, 0.717) is 12.3 Å². The summed E-state index contributed by atoms with van der Waals surface area (Å²) in [6.45, 7) is 2.29. The van der Waals surface area contributed by atoms with Crippen molar-refractivity contribution in [3.63, 3.8) is 0 Å². The quantitative estimate of drug-likeness (QED) is 0.522. The van der Waals surface area contributed by atoms with Crippen LogP contribution in [0.2, 0.25) is 0 Å². The third kappa shape index (κ3) is 5.78. The number of carbonyl (C=O) groups excluding carboxylic acids is 2. The average molecular weight is 449 g/mol. The van der Waals surface area contributed by atoms with Gasteiger partial charge in [-0.2, -0.15) is 0 Å². The first-order chi connectivity index (χ1) is 16.1. The van der Waals surface area contributed by atoms with Crippen molar-refractivity contribution in [2.24, 2.45) is 0 Å². The lowest BCUT2D eigenvalue weighted by Crippen LogP contribution is -2.41. The third-order valence-corrected chi connectivity index (χ3v) is 5.76. The molecule has 3 aromatic rings. The molecule has 1 aliphatic rings. The molecule has 1 atom stereocenters. The van der Waals surface area contributed by atoms with Crippen molar-refractivity contribution < 1.29 is 18.8 Å². The highest BCUT2D eigenvalue weighted by Crippen LogP contribution is 2.27. The molecule has 2 heterocycles. The van der Waals surface area contributed by atoms with E-state index in [1.54, 1.807) is 13.2 Å². The number of likely N-dealkylation sites (tertiary alicyclic amines) is 1. The number of amides is 2. The molecule has 4 rings (SSSR count). The Bertz CT molecular complexity index is 1080. The summed E-state index contributed by atoms with van der Waals surface area (Å²) in [6.07, 6.45) is 2.29. The highest BCUT2D eigenvalue weighted by molar-refractivity contribution is 5.95. The molecule has 8 heteroatoms. The van der Waals surface area contributed by atoms with E-state index >= 15 is 0 Å². The number of hydrogen-bond acceptors (Lipinski definition) is 6. The molecule has 33 heavy (non-hydrogen) atoms. The van der Waals surface area contributed by atoms with Crippen molar-refractivity contribution in [2.45, 2.75) is 18.9 Å². The lowest BCUT2D eigenvalue weighted by Gasteiger charge is -2.28. The first-order valence-electron chi connectivity index (χ1n) is 11.1. The van der Waals surface area contributed by atoms with Gasteiger partial charge < -0.3 is 19.9 Å². The Morgan fingerprint density at radius 1 is 1.06 bits per heavy atom. The van der Waals surface area contributed by atoms with Crippen molar-refractivity contribution in [1.82, 2.24) is 20.7 Å². The van der Waals surface area contributed by atoms with E-state index in [-0.39, 0.29) is 24.2 Å². The van der Waals surface area contributed by atoms with Crippen molar-refractivity contribution in [3.05, 3.63) is 71.9 Å². The molecule has 0 spiro atoms. The Balaban J connectivity index is 1.32. The Labute approximate surface area is 192 Å². The molecule has 2 amide bonds. The van der Waals surface area contributed by atoms with Gasteiger partial charge in [0.15, 0.2) is 11.5 Å². The van der Waals surface area contributed by atoms with Crippen LogP contribution in [0.15, 0.2) is 65.2 Å². The summed E-state index contributed by atoms with van der Waals surface area (Å²) < 4.78 is 10.6. The maximum Gasteiger partial charge on any atom is 0.273 e. The number of methoxy groups -OCH3 is 1. The Hall–Kier alpha value is -3.65. The summed E-state index contributed by atoms with van der Waals surface area (Å²) >= 11 is 0. The molecule has 2 aromatic carbocycles. The predicted octanol–water partition coefficient (Wildman–Crippen LogP) is 3.03. The van der Waals surface area contributed by atoms with Crippen molar-refractivity contribution in [2.75, 3.05) is 33.3 Å². The molecular formula is C25H28N4O4. The number of hydrogen-bond donors (Lipinski definition) is 2. The number of carbonyl (C=O) groups is 2. The van der Waals surface area contributed by atoms with E-state index < -0.39 is 5.91 Å². The van der Waals surface area contributed by atoms with Crippen LogP contribution in [0.5, 0.6) is 5.75 Å².